The number of aromatic nitrogens is 4. The second kappa shape index (κ2) is 5.60. The molecule has 2 aromatic rings. The van der Waals surface area contributed by atoms with Crippen molar-refractivity contribution < 1.29 is 0 Å². The SMILES string of the molecule is CCc1nn(C)c2c1nc(C(C)Cl)n2C1CCCSC1. The van der Waals surface area contributed by atoms with Gasteiger partial charge in [0.1, 0.15) is 11.3 Å². The molecule has 1 aliphatic heterocycles. The summed E-state index contributed by atoms with van der Waals surface area (Å²) in [5.41, 5.74) is 3.24. The van der Waals surface area contributed by atoms with E-state index in [1.807, 2.05) is 30.4 Å². The monoisotopic (exact) mass is 312 g/mol. The Bertz CT molecular complexity index is 610. The van der Waals surface area contributed by atoms with Gasteiger partial charge < -0.3 is 4.57 Å². The maximum Gasteiger partial charge on any atom is 0.159 e. The molecule has 0 aromatic carbocycles. The standard InChI is InChI=1S/C14H21ClN4S/c1-4-11-12-14(18(3)17-11)19(13(16-12)9(2)15)10-6-5-7-20-8-10/h9-10H,4-8H2,1-3H3. The lowest BCUT2D eigenvalue weighted by Crippen LogP contribution is -2.20. The van der Waals surface area contributed by atoms with Crippen molar-refractivity contribution in [2.45, 2.75) is 44.5 Å². The van der Waals surface area contributed by atoms with E-state index in [-0.39, 0.29) is 5.38 Å². The molecule has 1 fully saturated rings. The molecule has 1 saturated heterocycles. The normalized spacial score (nSPS) is 21.5. The first-order valence-electron chi connectivity index (χ1n) is 7.29. The molecule has 0 radical (unpaired) electrons. The van der Waals surface area contributed by atoms with E-state index in [1.54, 1.807) is 0 Å². The van der Waals surface area contributed by atoms with Crippen molar-refractivity contribution in [3.8, 4) is 0 Å². The molecule has 0 amide bonds. The lowest BCUT2D eigenvalue weighted by atomic mass is 10.2. The van der Waals surface area contributed by atoms with E-state index in [1.165, 1.54) is 18.6 Å². The number of rotatable bonds is 3. The number of alkyl halides is 1. The summed E-state index contributed by atoms with van der Waals surface area (Å²) in [6.07, 6.45) is 3.38. The summed E-state index contributed by atoms with van der Waals surface area (Å²) in [6, 6.07) is 0.495. The van der Waals surface area contributed by atoms with Gasteiger partial charge in [-0.2, -0.15) is 16.9 Å². The fourth-order valence-electron chi connectivity index (χ4n) is 3.03. The highest BCUT2D eigenvalue weighted by Gasteiger charge is 2.27. The summed E-state index contributed by atoms with van der Waals surface area (Å²) in [5, 5.41) is 4.54. The van der Waals surface area contributed by atoms with Crippen molar-refractivity contribution in [1.29, 1.82) is 0 Å². The number of hydrogen-bond donors (Lipinski definition) is 0. The molecule has 4 nitrogen and oxygen atoms in total. The zero-order valence-corrected chi connectivity index (χ0v) is 13.8. The van der Waals surface area contributed by atoms with Gasteiger partial charge in [0.2, 0.25) is 0 Å². The number of imidazole rings is 1. The predicted molar refractivity (Wildman–Crippen MR) is 85.7 cm³/mol. The Kier molecular flexibility index (Phi) is 4.00. The average molecular weight is 313 g/mol. The zero-order chi connectivity index (χ0) is 14.3. The molecular formula is C14H21ClN4S. The third kappa shape index (κ3) is 2.25. The summed E-state index contributed by atoms with van der Waals surface area (Å²) in [7, 11) is 2.01. The van der Waals surface area contributed by atoms with Gasteiger partial charge in [0.15, 0.2) is 5.65 Å². The van der Waals surface area contributed by atoms with Gasteiger partial charge >= 0.3 is 0 Å². The Morgan fingerprint density at radius 3 is 2.90 bits per heavy atom. The highest BCUT2D eigenvalue weighted by Crippen LogP contribution is 2.35. The Hall–Kier alpha value is -0.680. The second-order valence-corrected chi connectivity index (χ2v) is 7.23. The van der Waals surface area contributed by atoms with Crippen molar-refractivity contribution >= 4 is 34.5 Å². The number of fused-ring (bicyclic) bond motifs is 1. The fourth-order valence-corrected chi connectivity index (χ4v) is 4.30. The molecule has 0 N–H and O–H groups in total. The maximum absolute atomic E-state index is 6.38. The van der Waals surface area contributed by atoms with Crippen molar-refractivity contribution in [1.82, 2.24) is 19.3 Å². The van der Waals surface area contributed by atoms with Crippen LogP contribution in [0.2, 0.25) is 0 Å². The van der Waals surface area contributed by atoms with Crippen LogP contribution in [0.5, 0.6) is 0 Å². The van der Waals surface area contributed by atoms with E-state index >= 15 is 0 Å². The Balaban J connectivity index is 2.20. The number of nitrogens with zero attached hydrogens (tertiary/aromatic N) is 4. The van der Waals surface area contributed by atoms with Gasteiger partial charge in [-0.05, 0) is 31.9 Å². The van der Waals surface area contributed by atoms with E-state index in [0.29, 0.717) is 6.04 Å². The first-order valence-corrected chi connectivity index (χ1v) is 8.88. The second-order valence-electron chi connectivity index (χ2n) is 5.42. The molecule has 0 spiro atoms. The largest absolute Gasteiger partial charge is 0.308 e. The molecule has 3 rings (SSSR count). The van der Waals surface area contributed by atoms with Crippen LogP contribution >= 0.6 is 23.4 Å². The van der Waals surface area contributed by atoms with Gasteiger partial charge in [-0.15, -0.1) is 11.6 Å². The van der Waals surface area contributed by atoms with Crippen molar-refractivity contribution in [2.75, 3.05) is 11.5 Å². The Labute approximate surface area is 128 Å². The van der Waals surface area contributed by atoms with E-state index in [4.69, 9.17) is 16.6 Å². The van der Waals surface area contributed by atoms with Crippen LogP contribution in [-0.2, 0) is 13.5 Å². The highest BCUT2D eigenvalue weighted by atomic mass is 35.5. The molecule has 0 saturated carbocycles. The molecule has 1 aliphatic rings. The molecule has 2 unspecified atom stereocenters. The third-order valence-corrected chi connectivity index (χ3v) is 5.35. The van der Waals surface area contributed by atoms with Crippen molar-refractivity contribution in [3.63, 3.8) is 0 Å². The summed E-state index contributed by atoms with van der Waals surface area (Å²) in [4.78, 5) is 4.82. The van der Waals surface area contributed by atoms with Crippen LogP contribution in [0.25, 0.3) is 11.2 Å². The Morgan fingerprint density at radius 2 is 2.30 bits per heavy atom. The predicted octanol–water partition coefficient (Wildman–Crippen LogP) is 3.70. The van der Waals surface area contributed by atoms with Gasteiger partial charge in [-0.1, -0.05) is 6.92 Å². The topological polar surface area (TPSA) is 35.6 Å². The van der Waals surface area contributed by atoms with E-state index in [9.17, 15) is 0 Å². The van der Waals surface area contributed by atoms with Crippen LogP contribution in [0.1, 0.15) is 49.6 Å². The van der Waals surface area contributed by atoms with Gasteiger partial charge in [0.25, 0.3) is 0 Å². The molecule has 20 heavy (non-hydrogen) atoms. The van der Waals surface area contributed by atoms with Crippen LogP contribution in [0.15, 0.2) is 0 Å². The van der Waals surface area contributed by atoms with Crippen LogP contribution in [0.4, 0.5) is 0 Å². The zero-order valence-electron chi connectivity index (χ0n) is 12.3. The first kappa shape index (κ1) is 14.3. The summed E-state index contributed by atoms with van der Waals surface area (Å²) in [6.45, 7) is 4.13. The lowest BCUT2D eigenvalue weighted by Gasteiger charge is -2.25. The molecule has 0 aliphatic carbocycles. The van der Waals surface area contributed by atoms with Crippen molar-refractivity contribution in [2.24, 2.45) is 7.05 Å². The van der Waals surface area contributed by atoms with Crippen LogP contribution < -0.4 is 0 Å². The number of halogens is 1. The molecule has 0 bridgehead atoms. The minimum absolute atomic E-state index is 0.0703. The fraction of sp³-hybridized carbons (Fsp3) is 0.714. The minimum atomic E-state index is -0.0703. The smallest absolute Gasteiger partial charge is 0.159 e. The number of thioether (sulfide) groups is 1. The summed E-state index contributed by atoms with van der Waals surface area (Å²) in [5.74, 6) is 3.41. The molecular weight excluding hydrogens is 292 g/mol. The number of hydrogen-bond acceptors (Lipinski definition) is 3. The van der Waals surface area contributed by atoms with E-state index < -0.39 is 0 Å². The van der Waals surface area contributed by atoms with Crippen LogP contribution in [-0.4, -0.2) is 30.8 Å². The van der Waals surface area contributed by atoms with Gasteiger partial charge in [0, 0.05) is 18.8 Å². The molecule has 2 atom stereocenters. The molecule has 2 aromatic heterocycles. The van der Waals surface area contributed by atoms with Crippen LogP contribution in [0, 0.1) is 0 Å². The van der Waals surface area contributed by atoms with E-state index in [2.05, 4.69) is 16.6 Å². The van der Waals surface area contributed by atoms with Gasteiger partial charge in [0.05, 0.1) is 11.1 Å². The molecule has 3 heterocycles. The number of aryl methyl sites for hydroxylation is 2. The first-order chi connectivity index (χ1) is 9.63. The maximum atomic E-state index is 6.38. The highest BCUT2D eigenvalue weighted by molar-refractivity contribution is 7.99. The minimum Gasteiger partial charge on any atom is -0.308 e. The lowest BCUT2D eigenvalue weighted by molar-refractivity contribution is 0.484. The van der Waals surface area contributed by atoms with E-state index in [0.717, 1.165) is 34.9 Å². The molecule has 6 heteroatoms. The van der Waals surface area contributed by atoms with Gasteiger partial charge in [-0.25, -0.2) is 4.98 Å². The third-order valence-electron chi connectivity index (χ3n) is 3.96. The average Bonchev–Trinajstić information content (AvgIpc) is 2.98. The quantitative estimate of drug-likeness (QED) is 0.811. The summed E-state index contributed by atoms with van der Waals surface area (Å²) >= 11 is 8.41. The Morgan fingerprint density at radius 1 is 1.50 bits per heavy atom. The summed E-state index contributed by atoms with van der Waals surface area (Å²) < 4.78 is 4.33. The van der Waals surface area contributed by atoms with Crippen LogP contribution in [0.3, 0.4) is 0 Å². The molecule has 110 valence electrons. The van der Waals surface area contributed by atoms with Crippen molar-refractivity contribution in [3.05, 3.63) is 11.5 Å². The van der Waals surface area contributed by atoms with Gasteiger partial charge in [-0.3, -0.25) is 4.68 Å².